The zero-order chi connectivity index (χ0) is 38.2. The lowest BCUT2D eigenvalue weighted by Gasteiger charge is -2.23. The highest BCUT2D eigenvalue weighted by Crippen LogP contribution is 2.20. The molecule has 1 N–H and O–H groups in total. The molecule has 292 valence electrons. The van der Waals surface area contributed by atoms with Gasteiger partial charge in [0.05, 0.1) is 19.6 Å². The summed E-state index contributed by atoms with van der Waals surface area (Å²) in [4.78, 5) is 46.3. The smallest absolute Gasteiger partial charge is 0.328 e. The summed E-state index contributed by atoms with van der Waals surface area (Å²) in [6.45, 7) is 11.4. The van der Waals surface area contributed by atoms with Crippen molar-refractivity contribution in [2.45, 2.75) is 162 Å². The van der Waals surface area contributed by atoms with Crippen molar-refractivity contribution in [2.24, 2.45) is 5.92 Å². The minimum Gasteiger partial charge on any atom is -0.494 e. The number of nitrogens with one attached hydrogen (secondary N) is 1. The minimum absolute atomic E-state index is 0.0985. The third-order valence-electron chi connectivity index (χ3n) is 8.25. The number of amides is 1. The molecule has 0 heterocycles. The van der Waals surface area contributed by atoms with E-state index in [1.807, 2.05) is 45.0 Å². The molecule has 1 rings (SSSR count). The molecule has 51 heavy (non-hydrogen) atoms. The largest absolute Gasteiger partial charge is 0.494 e. The molecule has 0 fully saturated rings. The number of ketones is 1. The van der Waals surface area contributed by atoms with Gasteiger partial charge in [-0.1, -0.05) is 83.1 Å². The maximum atomic E-state index is 12.4. The van der Waals surface area contributed by atoms with Gasteiger partial charge in [-0.15, -0.1) is 0 Å². The molecule has 1 aromatic rings. The molecular formula is C42H71NO8. The van der Waals surface area contributed by atoms with Gasteiger partial charge in [0.25, 0.3) is 0 Å². The molecular weight excluding hydrogens is 646 g/mol. The van der Waals surface area contributed by atoms with Gasteiger partial charge in [0, 0.05) is 33.0 Å². The Bertz CT molecular complexity index is 1060. The Kier molecular flexibility index (Phi) is 29.6. The first-order chi connectivity index (χ1) is 24.5. The van der Waals surface area contributed by atoms with Crippen LogP contribution in [0.4, 0.5) is 0 Å². The Hall–Kier alpha value is -3.20. The SMILES string of the molecule is CCCCCCCC(=O)CCCCCC/C=C/C[C@@H](CCCOC)C(=O)OC(C)(C)C.CCCCOc1ccc(C[C@H](NC=O)C(=O)OC)cc1. The molecule has 9 nitrogen and oxygen atoms in total. The third-order valence-corrected chi connectivity index (χ3v) is 8.25. The van der Waals surface area contributed by atoms with Crippen molar-refractivity contribution in [2.75, 3.05) is 27.4 Å². The first-order valence-corrected chi connectivity index (χ1v) is 19.4. The van der Waals surface area contributed by atoms with Gasteiger partial charge < -0.3 is 24.3 Å². The van der Waals surface area contributed by atoms with Crippen LogP contribution in [-0.2, 0) is 39.8 Å². The zero-order valence-electron chi connectivity index (χ0n) is 33.1. The fraction of sp³-hybridized carbons (Fsp3) is 0.714. The van der Waals surface area contributed by atoms with Gasteiger partial charge in [-0.05, 0) is 89.8 Å². The number of carbonyl (C=O) groups is 4. The van der Waals surface area contributed by atoms with Crippen molar-refractivity contribution in [1.82, 2.24) is 5.32 Å². The molecule has 0 aliphatic heterocycles. The van der Waals surface area contributed by atoms with E-state index in [0.717, 1.165) is 94.8 Å². The quantitative estimate of drug-likeness (QED) is 0.0377. The van der Waals surface area contributed by atoms with Gasteiger partial charge in [-0.3, -0.25) is 14.4 Å². The second kappa shape index (κ2) is 31.5. The zero-order valence-corrected chi connectivity index (χ0v) is 33.1. The van der Waals surface area contributed by atoms with Crippen molar-refractivity contribution in [3.05, 3.63) is 42.0 Å². The Morgan fingerprint density at radius 1 is 0.765 bits per heavy atom. The second-order valence-electron chi connectivity index (χ2n) is 14.1. The van der Waals surface area contributed by atoms with Crippen LogP contribution in [0, 0.1) is 5.92 Å². The normalized spacial score (nSPS) is 12.4. The number of benzene rings is 1. The molecule has 0 saturated heterocycles. The first-order valence-electron chi connectivity index (χ1n) is 19.4. The highest BCUT2D eigenvalue weighted by Gasteiger charge is 2.24. The number of carbonyl (C=O) groups excluding carboxylic acids is 4. The summed E-state index contributed by atoms with van der Waals surface area (Å²) in [6.07, 6.45) is 22.8. The lowest BCUT2D eigenvalue weighted by atomic mass is 9.98. The summed E-state index contributed by atoms with van der Waals surface area (Å²) >= 11 is 0. The van der Waals surface area contributed by atoms with Gasteiger partial charge in [-0.2, -0.15) is 0 Å². The number of unbranched alkanes of at least 4 members (excludes halogenated alkanes) is 9. The van der Waals surface area contributed by atoms with E-state index in [1.165, 1.54) is 32.8 Å². The molecule has 1 amide bonds. The summed E-state index contributed by atoms with van der Waals surface area (Å²) in [5.74, 6) is 0.584. The lowest BCUT2D eigenvalue weighted by molar-refractivity contribution is -0.160. The Labute approximate surface area is 310 Å². The second-order valence-corrected chi connectivity index (χ2v) is 14.1. The van der Waals surface area contributed by atoms with Gasteiger partial charge in [-0.25, -0.2) is 4.79 Å². The predicted octanol–water partition coefficient (Wildman–Crippen LogP) is 9.28. The molecule has 0 radical (unpaired) electrons. The fourth-order valence-electron chi connectivity index (χ4n) is 5.28. The average Bonchev–Trinajstić information content (AvgIpc) is 3.09. The molecule has 0 saturated carbocycles. The number of hydrogen-bond donors (Lipinski definition) is 1. The van der Waals surface area contributed by atoms with Gasteiger partial charge >= 0.3 is 11.9 Å². The van der Waals surface area contributed by atoms with E-state index in [2.05, 4.69) is 36.1 Å². The van der Waals surface area contributed by atoms with E-state index in [9.17, 15) is 19.2 Å². The van der Waals surface area contributed by atoms with Gasteiger partial charge in [0.2, 0.25) is 6.41 Å². The topological polar surface area (TPSA) is 117 Å². The molecule has 0 aliphatic rings. The number of rotatable bonds is 29. The molecule has 2 atom stereocenters. The molecule has 1 aromatic carbocycles. The number of Topliss-reactive ketones (excluding diaryl/α,β-unsaturated/α-hetero) is 1. The van der Waals surface area contributed by atoms with Crippen LogP contribution in [0.2, 0.25) is 0 Å². The minimum atomic E-state index is -0.663. The number of allylic oxidation sites excluding steroid dienone is 2. The van der Waals surface area contributed by atoms with Crippen LogP contribution in [0.5, 0.6) is 5.75 Å². The fourth-order valence-corrected chi connectivity index (χ4v) is 5.28. The lowest BCUT2D eigenvalue weighted by Crippen LogP contribution is -2.38. The van der Waals surface area contributed by atoms with Crippen molar-refractivity contribution in [3.63, 3.8) is 0 Å². The molecule has 0 aliphatic carbocycles. The van der Waals surface area contributed by atoms with E-state index in [4.69, 9.17) is 14.2 Å². The summed E-state index contributed by atoms with van der Waals surface area (Å²) in [5.41, 5.74) is 0.481. The molecule has 9 heteroatoms. The van der Waals surface area contributed by atoms with E-state index >= 15 is 0 Å². The number of hydrogen-bond acceptors (Lipinski definition) is 8. The Morgan fingerprint density at radius 3 is 1.96 bits per heavy atom. The standard InChI is InChI=1S/C27H50O4.C15H21NO4/c1-6-7-8-12-16-21-25(28)22-17-14-11-9-10-13-15-19-24(20-18-23-30-5)26(29)31-27(2,3)4;1-3-4-9-20-13-7-5-12(6-8-13)10-14(16-11-17)15(18)19-2/h13,15,24H,6-12,14,16-23H2,1-5H3;5-8,11,14H,3-4,9-10H2,1-2H3,(H,16,17)/b15-13+;/t24-;14-/m00/s1. The highest BCUT2D eigenvalue weighted by atomic mass is 16.6. The monoisotopic (exact) mass is 718 g/mol. The number of esters is 2. The summed E-state index contributed by atoms with van der Waals surface area (Å²) in [6, 6.07) is 6.82. The van der Waals surface area contributed by atoms with Gasteiger partial charge in [0.1, 0.15) is 23.2 Å². The van der Waals surface area contributed by atoms with Gasteiger partial charge in [0.15, 0.2) is 0 Å². The van der Waals surface area contributed by atoms with Crippen LogP contribution >= 0.6 is 0 Å². The van der Waals surface area contributed by atoms with E-state index < -0.39 is 17.6 Å². The maximum absolute atomic E-state index is 12.4. The summed E-state index contributed by atoms with van der Waals surface area (Å²) in [7, 11) is 2.99. The van der Waals surface area contributed by atoms with E-state index in [1.54, 1.807) is 7.11 Å². The number of ether oxygens (including phenoxy) is 4. The average molecular weight is 718 g/mol. The van der Waals surface area contributed by atoms with Crippen molar-refractivity contribution < 1.29 is 38.1 Å². The summed E-state index contributed by atoms with van der Waals surface area (Å²) in [5, 5.41) is 2.45. The third kappa shape index (κ3) is 28.1. The van der Waals surface area contributed by atoms with Crippen molar-refractivity contribution in [3.8, 4) is 5.75 Å². The number of methoxy groups -OCH3 is 2. The molecule has 0 aromatic heterocycles. The predicted molar refractivity (Wildman–Crippen MR) is 206 cm³/mol. The molecule has 0 unspecified atom stereocenters. The van der Waals surface area contributed by atoms with Crippen LogP contribution in [0.25, 0.3) is 0 Å². The Morgan fingerprint density at radius 2 is 1.39 bits per heavy atom. The van der Waals surface area contributed by atoms with E-state index in [-0.39, 0.29) is 11.9 Å². The highest BCUT2D eigenvalue weighted by molar-refractivity contribution is 5.78. The van der Waals surface area contributed by atoms with Crippen LogP contribution in [0.3, 0.4) is 0 Å². The molecule has 0 bridgehead atoms. The van der Waals surface area contributed by atoms with Crippen LogP contribution in [0.1, 0.15) is 149 Å². The van der Waals surface area contributed by atoms with Crippen LogP contribution in [-0.4, -0.2) is 63.2 Å². The maximum Gasteiger partial charge on any atom is 0.328 e. The Balaban J connectivity index is 0.00000107. The van der Waals surface area contributed by atoms with E-state index in [0.29, 0.717) is 31.8 Å². The first kappa shape index (κ1) is 47.8. The van der Waals surface area contributed by atoms with Crippen molar-refractivity contribution in [1.29, 1.82) is 0 Å². The summed E-state index contributed by atoms with van der Waals surface area (Å²) < 4.78 is 20.9. The molecule has 0 spiro atoms. The van der Waals surface area contributed by atoms with Crippen LogP contribution in [0.15, 0.2) is 36.4 Å². The van der Waals surface area contributed by atoms with Crippen LogP contribution < -0.4 is 10.1 Å². The van der Waals surface area contributed by atoms with Crippen molar-refractivity contribution >= 4 is 24.1 Å².